The highest BCUT2D eigenvalue weighted by Crippen LogP contribution is 2.31. The van der Waals surface area contributed by atoms with Crippen molar-refractivity contribution in [3.63, 3.8) is 0 Å². The van der Waals surface area contributed by atoms with E-state index in [0.29, 0.717) is 0 Å². The van der Waals surface area contributed by atoms with Gasteiger partial charge < -0.3 is 33.2 Å². The van der Waals surface area contributed by atoms with Crippen LogP contribution in [-0.2, 0) is 47.7 Å². The lowest BCUT2D eigenvalue weighted by Crippen LogP contribution is -2.63. The summed E-state index contributed by atoms with van der Waals surface area (Å²) >= 11 is 0. The predicted octanol–water partition coefficient (Wildman–Crippen LogP) is 1.07. The molecular formula is C22H26O12. The summed E-state index contributed by atoms with van der Waals surface area (Å²) in [5.41, 5.74) is 0. The lowest BCUT2D eigenvalue weighted by molar-refractivity contribution is -0.288. The van der Waals surface area contributed by atoms with E-state index in [-0.39, 0.29) is 18.1 Å². The van der Waals surface area contributed by atoms with Crippen molar-refractivity contribution in [1.82, 2.24) is 0 Å². The molecule has 1 aliphatic heterocycles. The van der Waals surface area contributed by atoms with Crippen LogP contribution in [0.2, 0.25) is 0 Å². The van der Waals surface area contributed by atoms with E-state index < -0.39 is 60.6 Å². The van der Waals surface area contributed by atoms with Gasteiger partial charge in [0.05, 0.1) is 0 Å². The maximum absolute atomic E-state index is 11.8. The Morgan fingerprint density at radius 2 is 1.18 bits per heavy atom. The van der Waals surface area contributed by atoms with E-state index in [4.69, 9.17) is 33.2 Å². The summed E-state index contributed by atoms with van der Waals surface area (Å²) < 4.78 is 37.6. The van der Waals surface area contributed by atoms with E-state index in [1.165, 1.54) is 38.1 Å². The van der Waals surface area contributed by atoms with Crippen LogP contribution < -0.4 is 9.47 Å². The van der Waals surface area contributed by atoms with Crippen LogP contribution in [0.5, 0.6) is 11.5 Å². The van der Waals surface area contributed by atoms with E-state index in [1.54, 1.807) is 0 Å². The summed E-state index contributed by atoms with van der Waals surface area (Å²) in [6.45, 7) is 5.43. The third-order valence-corrected chi connectivity index (χ3v) is 4.29. The van der Waals surface area contributed by atoms with Crippen molar-refractivity contribution in [3.05, 3.63) is 24.3 Å². The molecule has 12 heteroatoms. The Balaban J connectivity index is 2.40. The first kappa shape index (κ1) is 26.6. The van der Waals surface area contributed by atoms with Crippen LogP contribution in [0, 0.1) is 0 Å². The average Bonchev–Trinajstić information content (AvgIpc) is 2.71. The first-order chi connectivity index (χ1) is 16.0. The highest BCUT2D eigenvalue weighted by atomic mass is 16.7. The standard InChI is InChI=1S/C22H26O12/c1-11(23)28-10-18-19(30-13(3)25)20(31-14(4)26)21(32-15(5)27)22(34-18)33-17-8-6-16(7-9-17)29-12(2)24/h6-9,18-22H,10H2,1-5H3/t18-,19+,20-,21-,22-/m1/s1. The monoisotopic (exact) mass is 482 g/mol. The third kappa shape index (κ3) is 8.03. The number of rotatable bonds is 8. The molecule has 0 radical (unpaired) electrons. The van der Waals surface area contributed by atoms with Gasteiger partial charge in [-0.25, -0.2) is 0 Å². The van der Waals surface area contributed by atoms with Crippen LogP contribution in [0.3, 0.4) is 0 Å². The summed E-state index contributed by atoms with van der Waals surface area (Å²) in [6, 6.07) is 5.85. The molecule has 0 saturated carbocycles. The fourth-order valence-electron chi connectivity index (χ4n) is 3.17. The van der Waals surface area contributed by atoms with Gasteiger partial charge in [-0.05, 0) is 24.3 Å². The number of carbonyl (C=O) groups excluding carboxylic acids is 5. The number of esters is 5. The van der Waals surface area contributed by atoms with E-state index in [9.17, 15) is 24.0 Å². The molecule has 12 nitrogen and oxygen atoms in total. The van der Waals surface area contributed by atoms with Crippen molar-refractivity contribution in [2.24, 2.45) is 0 Å². The highest BCUT2D eigenvalue weighted by Gasteiger charge is 2.53. The van der Waals surface area contributed by atoms with Crippen LogP contribution in [-0.4, -0.2) is 67.2 Å². The largest absolute Gasteiger partial charge is 0.463 e. The molecule has 1 aromatic rings. The van der Waals surface area contributed by atoms with Gasteiger partial charge >= 0.3 is 29.8 Å². The van der Waals surface area contributed by atoms with E-state index >= 15 is 0 Å². The second-order valence-electron chi connectivity index (χ2n) is 7.25. The number of hydrogen-bond acceptors (Lipinski definition) is 12. The minimum atomic E-state index is -1.36. The maximum atomic E-state index is 11.8. The summed E-state index contributed by atoms with van der Waals surface area (Å²) in [5, 5.41) is 0. The summed E-state index contributed by atoms with van der Waals surface area (Å²) in [7, 11) is 0. The molecule has 0 unspecified atom stereocenters. The van der Waals surface area contributed by atoms with Gasteiger partial charge in [0, 0.05) is 34.6 Å². The summed E-state index contributed by atoms with van der Waals surface area (Å²) in [6.07, 6.45) is -6.47. The molecular weight excluding hydrogens is 456 g/mol. The van der Waals surface area contributed by atoms with E-state index in [1.807, 2.05) is 0 Å². The lowest BCUT2D eigenvalue weighted by atomic mass is 9.98. The van der Waals surface area contributed by atoms with E-state index in [0.717, 1.165) is 20.8 Å². The Hall–Kier alpha value is -3.67. The minimum absolute atomic E-state index is 0.219. The van der Waals surface area contributed by atoms with Crippen molar-refractivity contribution in [1.29, 1.82) is 0 Å². The maximum Gasteiger partial charge on any atom is 0.308 e. The molecule has 0 N–H and O–H groups in total. The fourth-order valence-corrected chi connectivity index (χ4v) is 3.17. The Bertz CT molecular complexity index is 909. The van der Waals surface area contributed by atoms with Crippen molar-refractivity contribution < 1.29 is 57.1 Å². The number of ether oxygens (including phenoxy) is 7. The Kier molecular flexibility index (Phi) is 9.36. The molecule has 1 aliphatic rings. The van der Waals surface area contributed by atoms with Gasteiger partial charge in [-0.3, -0.25) is 24.0 Å². The second-order valence-corrected chi connectivity index (χ2v) is 7.25. The van der Waals surface area contributed by atoms with Crippen LogP contribution in [0.1, 0.15) is 34.6 Å². The van der Waals surface area contributed by atoms with Gasteiger partial charge in [0.15, 0.2) is 12.2 Å². The van der Waals surface area contributed by atoms with Gasteiger partial charge in [-0.15, -0.1) is 0 Å². The third-order valence-electron chi connectivity index (χ3n) is 4.29. The van der Waals surface area contributed by atoms with Gasteiger partial charge in [0.2, 0.25) is 12.4 Å². The molecule has 1 aromatic carbocycles. The number of carbonyl (C=O) groups is 5. The van der Waals surface area contributed by atoms with Crippen molar-refractivity contribution in [3.8, 4) is 11.5 Å². The molecule has 1 heterocycles. The predicted molar refractivity (Wildman–Crippen MR) is 110 cm³/mol. The molecule has 0 amide bonds. The molecule has 0 spiro atoms. The average molecular weight is 482 g/mol. The number of benzene rings is 1. The normalized spacial score (nSPS) is 23.7. The quantitative estimate of drug-likeness (QED) is 0.296. The molecule has 34 heavy (non-hydrogen) atoms. The molecule has 1 fully saturated rings. The van der Waals surface area contributed by atoms with Gasteiger partial charge in [0.1, 0.15) is 24.2 Å². The number of hydrogen-bond donors (Lipinski definition) is 0. The first-order valence-corrected chi connectivity index (χ1v) is 10.2. The van der Waals surface area contributed by atoms with Gasteiger partial charge in [0.25, 0.3) is 0 Å². The summed E-state index contributed by atoms with van der Waals surface area (Å²) in [5.74, 6) is -2.89. The Morgan fingerprint density at radius 1 is 0.676 bits per heavy atom. The zero-order valence-corrected chi connectivity index (χ0v) is 19.3. The Labute approximate surface area is 195 Å². The fraction of sp³-hybridized carbons (Fsp3) is 0.500. The van der Waals surface area contributed by atoms with Gasteiger partial charge in [-0.2, -0.15) is 0 Å². The van der Waals surface area contributed by atoms with Gasteiger partial charge in [-0.1, -0.05) is 0 Å². The van der Waals surface area contributed by atoms with Crippen molar-refractivity contribution >= 4 is 29.8 Å². The zero-order chi connectivity index (χ0) is 25.4. The smallest absolute Gasteiger partial charge is 0.308 e. The van der Waals surface area contributed by atoms with Crippen LogP contribution in [0.25, 0.3) is 0 Å². The van der Waals surface area contributed by atoms with Crippen LogP contribution in [0.15, 0.2) is 24.3 Å². The SMILES string of the molecule is CC(=O)OC[C@H]1O[C@@H](Oc2ccc(OC(C)=O)cc2)[C@H](OC(C)=O)[C@H](OC(C)=O)[C@H]1OC(C)=O. The summed E-state index contributed by atoms with van der Waals surface area (Å²) in [4.78, 5) is 57.8. The molecule has 1 saturated heterocycles. The Morgan fingerprint density at radius 3 is 1.68 bits per heavy atom. The van der Waals surface area contributed by atoms with Crippen molar-refractivity contribution in [2.75, 3.05) is 6.61 Å². The first-order valence-electron chi connectivity index (χ1n) is 10.2. The van der Waals surface area contributed by atoms with E-state index in [2.05, 4.69) is 0 Å². The topological polar surface area (TPSA) is 150 Å². The second kappa shape index (κ2) is 12.0. The molecule has 0 bridgehead atoms. The van der Waals surface area contributed by atoms with Crippen LogP contribution >= 0.6 is 0 Å². The minimum Gasteiger partial charge on any atom is -0.463 e. The molecule has 2 rings (SSSR count). The highest BCUT2D eigenvalue weighted by molar-refractivity contribution is 5.69. The lowest BCUT2D eigenvalue weighted by Gasteiger charge is -2.43. The molecule has 5 atom stereocenters. The molecule has 0 aromatic heterocycles. The van der Waals surface area contributed by atoms with Crippen LogP contribution in [0.4, 0.5) is 0 Å². The molecule has 0 aliphatic carbocycles. The van der Waals surface area contributed by atoms with Crippen molar-refractivity contribution in [2.45, 2.75) is 65.3 Å². The molecule has 186 valence electrons. The zero-order valence-electron chi connectivity index (χ0n) is 19.3.